The van der Waals surface area contributed by atoms with Gasteiger partial charge in [0, 0.05) is 23.3 Å². The Kier molecular flexibility index (Phi) is 5.55. The molecule has 154 valence electrons. The van der Waals surface area contributed by atoms with Gasteiger partial charge in [0.15, 0.2) is 9.84 Å². The van der Waals surface area contributed by atoms with Gasteiger partial charge in [0.1, 0.15) is 5.75 Å². The number of sulfone groups is 1. The summed E-state index contributed by atoms with van der Waals surface area (Å²) in [6.45, 7) is 0.830. The van der Waals surface area contributed by atoms with Gasteiger partial charge in [-0.1, -0.05) is 23.7 Å². The average molecular weight is 435 g/mol. The Balaban J connectivity index is 1.56. The summed E-state index contributed by atoms with van der Waals surface area (Å²) in [6.07, 6.45) is 0.732. The molecule has 2 aromatic carbocycles. The Morgan fingerprint density at radius 3 is 2.34 bits per heavy atom. The van der Waals surface area contributed by atoms with Gasteiger partial charge in [-0.05, 0) is 48.4 Å². The van der Waals surface area contributed by atoms with Gasteiger partial charge in [0.25, 0.3) is 0 Å². The largest absolute Gasteiger partial charge is 0.497 e. The molecular formula is C21H23ClN2O4S. The number of fused-ring (bicyclic) bond motifs is 1. The van der Waals surface area contributed by atoms with Crippen LogP contribution in [0.5, 0.6) is 5.75 Å². The van der Waals surface area contributed by atoms with Gasteiger partial charge in [-0.25, -0.2) is 8.42 Å². The number of methoxy groups -OCH3 is 1. The number of amides is 1. The minimum atomic E-state index is -3.21. The van der Waals surface area contributed by atoms with Crippen LogP contribution in [-0.2, 0) is 21.1 Å². The maximum Gasteiger partial charge on any atom is 0.241 e. The zero-order valence-corrected chi connectivity index (χ0v) is 17.7. The molecule has 2 aromatic rings. The summed E-state index contributed by atoms with van der Waals surface area (Å²) in [5.41, 5.74) is 1.82. The van der Waals surface area contributed by atoms with Crippen molar-refractivity contribution >= 4 is 33.0 Å². The summed E-state index contributed by atoms with van der Waals surface area (Å²) in [4.78, 5) is 16.7. The SMILES string of the molecule is COc1ccc(N2C(=O)CN(CCc3ccc(Cl)cc3)[C@H]3CS(=O)(=O)C[C@H]32)cc1. The van der Waals surface area contributed by atoms with E-state index in [9.17, 15) is 13.2 Å². The number of nitrogens with zero attached hydrogens (tertiary/aromatic N) is 2. The number of benzene rings is 2. The molecule has 0 bridgehead atoms. The van der Waals surface area contributed by atoms with Crippen LogP contribution in [0.15, 0.2) is 48.5 Å². The van der Waals surface area contributed by atoms with Gasteiger partial charge in [-0.3, -0.25) is 9.69 Å². The molecule has 2 saturated heterocycles. The van der Waals surface area contributed by atoms with E-state index in [1.54, 1.807) is 24.1 Å². The second kappa shape index (κ2) is 7.97. The van der Waals surface area contributed by atoms with Crippen LogP contribution in [0.3, 0.4) is 0 Å². The predicted octanol–water partition coefficient (Wildman–Crippen LogP) is 2.41. The van der Waals surface area contributed by atoms with Crippen LogP contribution in [0.25, 0.3) is 0 Å². The number of carbonyl (C=O) groups excluding carboxylic acids is 1. The average Bonchev–Trinajstić information content (AvgIpc) is 3.02. The lowest BCUT2D eigenvalue weighted by atomic mass is 10.0. The van der Waals surface area contributed by atoms with Crippen molar-refractivity contribution in [1.29, 1.82) is 0 Å². The molecule has 0 unspecified atom stereocenters. The lowest BCUT2D eigenvalue weighted by Gasteiger charge is -2.43. The Morgan fingerprint density at radius 2 is 1.69 bits per heavy atom. The first-order valence-electron chi connectivity index (χ1n) is 9.51. The van der Waals surface area contributed by atoms with Crippen molar-refractivity contribution in [3.05, 3.63) is 59.1 Å². The first-order valence-corrected chi connectivity index (χ1v) is 11.7. The fraction of sp³-hybridized carbons (Fsp3) is 0.381. The fourth-order valence-corrected chi connectivity index (χ4v) is 6.31. The van der Waals surface area contributed by atoms with E-state index >= 15 is 0 Å². The molecule has 6 nitrogen and oxygen atoms in total. The molecule has 1 amide bonds. The number of ether oxygens (including phenoxy) is 1. The molecule has 2 aliphatic heterocycles. The van der Waals surface area contributed by atoms with Gasteiger partial charge in [-0.15, -0.1) is 0 Å². The second-order valence-electron chi connectivity index (χ2n) is 7.52. The number of carbonyl (C=O) groups is 1. The molecule has 8 heteroatoms. The molecule has 0 spiro atoms. The highest BCUT2D eigenvalue weighted by atomic mass is 35.5. The Labute approximate surface area is 175 Å². The van der Waals surface area contributed by atoms with Crippen molar-refractivity contribution in [2.45, 2.75) is 18.5 Å². The fourth-order valence-electron chi connectivity index (χ4n) is 4.20. The number of piperazine rings is 1. The maximum atomic E-state index is 13.0. The van der Waals surface area contributed by atoms with E-state index in [2.05, 4.69) is 0 Å². The smallest absolute Gasteiger partial charge is 0.241 e. The minimum Gasteiger partial charge on any atom is -0.497 e. The normalized spacial score (nSPS) is 23.8. The Bertz CT molecular complexity index is 992. The van der Waals surface area contributed by atoms with Gasteiger partial charge in [-0.2, -0.15) is 0 Å². The number of rotatable bonds is 5. The number of halogens is 1. The van der Waals surface area contributed by atoms with E-state index in [-0.39, 0.29) is 36.0 Å². The van der Waals surface area contributed by atoms with Crippen molar-refractivity contribution in [1.82, 2.24) is 4.90 Å². The van der Waals surface area contributed by atoms with Crippen LogP contribution < -0.4 is 9.64 Å². The van der Waals surface area contributed by atoms with Gasteiger partial charge in [0.2, 0.25) is 5.91 Å². The molecule has 0 N–H and O–H groups in total. The highest BCUT2D eigenvalue weighted by molar-refractivity contribution is 7.91. The molecule has 29 heavy (non-hydrogen) atoms. The highest BCUT2D eigenvalue weighted by Gasteiger charge is 2.49. The highest BCUT2D eigenvalue weighted by Crippen LogP contribution is 2.32. The third kappa shape index (κ3) is 4.27. The molecule has 0 aliphatic carbocycles. The Morgan fingerprint density at radius 1 is 1.03 bits per heavy atom. The summed E-state index contributed by atoms with van der Waals surface area (Å²) < 4.78 is 30.1. The van der Waals surface area contributed by atoms with E-state index in [1.807, 2.05) is 41.3 Å². The van der Waals surface area contributed by atoms with Crippen LogP contribution in [0.4, 0.5) is 5.69 Å². The first-order chi connectivity index (χ1) is 13.9. The van der Waals surface area contributed by atoms with Crippen molar-refractivity contribution in [3.63, 3.8) is 0 Å². The topological polar surface area (TPSA) is 66.9 Å². The van der Waals surface area contributed by atoms with E-state index in [0.717, 1.165) is 12.0 Å². The summed E-state index contributed by atoms with van der Waals surface area (Å²) in [7, 11) is -1.62. The standard InChI is InChI=1S/C21H23ClN2O4S/c1-28-18-8-6-17(7-9-18)24-20-14-29(26,27)13-19(20)23(12-21(24)25)11-10-15-2-4-16(22)5-3-15/h2-9,19-20H,10-14H2,1H3/t19-,20+/m0/s1. The summed E-state index contributed by atoms with van der Waals surface area (Å²) >= 11 is 5.94. The third-order valence-electron chi connectivity index (χ3n) is 5.65. The minimum absolute atomic E-state index is 0.00706. The van der Waals surface area contributed by atoms with Crippen LogP contribution in [0, 0.1) is 0 Å². The maximum absolute atomic E-state index is 13.0. The molecule has 2 aliphatic rings. The zero-order chi connectivity index (χ0) is 20.6. The van der Waals surface area contributed by atoms with Crippen molar-refractivity contribution < 1.29 is 17.9 Å². The first kappa shape index (κ1) is 20.2. The lowest BCUT2D eigenvalue weighted by molar-refractivity contribution is -0.123. The second-order valence-corrected chi connectivity index (χ2v) is 10.1. The third-order valence-corrected chi connectivity index (χ3v) is 7.60. The quantitative estimate of drug-likeness (QED) is 0.723. The molecule has 2 atom stereocenters. The molecule has 0 radical (unpaired) electrons. The van der Waals surface area contributed by atoms with Crippen molar-refractivity contribution in [3.8, 4) is 5.75 Å². The molecule has 4 rings (SSSR count). The summed E-state index contributed by atoms with van der Waals surface area (Å²) in [5.74, 6) is 0.688. The summed E-state index contributed by atoms with van der Waals surface area (Å²) in [6, 6.07) is 14.2. The van der Waals surface area contributed by atoms with E-state index in [4.69, 9.17) is 16.3 Å². The van der Waals surface area contributed by atoms with E-state index in [0.29, 0.717) is 23.0 Å². The van der Waals surface area contributed by atoms with Crippen LogP contribution in [0.2, 0.25) is 5.02 Å². The number of hydrogen-bond donors (Lipinski definition) is 0. The molecule has 0 aromatic heterocycles. The van der Waals surface area contributed by atoms with Gasteiger partial charge < -0.3 is 9.64 Å². The van der Waals surface area contributed by atoms with Gasteiger partial charge >= 0.3 is 0 Å². The van der Waals surface area contributed by atoms with E-state index in [1.165, 1.54) is 0 Å². The molecule has 0 saturated carbocycles. The van der Waals surface area contributed by atoms with Crippen LogP contribution in [-0.4, -0.2) is 63.0 Å². The van der Waals surface area contributed by atoms with E-state index < -0.39 is 9.84 Å². The zero-order valence-electron chi connectivity index (χ0n) is 16.1. The predicted molar refractivity (Wildman–Crippen MR) is 113 cm³/mol. The molecule has 2 fully saturated rings. The van der Waals surface area contributed by atoms with Crippen molar-refractivity contribution in [2.75, 3.05) is 36.6 Å². The van der Waals surface area contributed by atoms with Crippen molar-refractivity contribution in [2.24, 2.45) is 0 Å². The molecule has 2 heterocycles. The van der Waals surface area contributed by atoms with Crippen LogP contribution in [0.1, 0.15) is 5.56 Å². The monoisotopic (exact) mass is 434 g/mol. The lowest BCUT2D eigenvalue weighted by Crippen LogP contribution is -2.62. The Hall–Kier alpha value is -2.09. The number of anilines is 1. The number of hydrogen-bond acceptors (Lipinski definition) is 5. The van der Waals surface area contributed by atoms with Gasteiger partial charge in [0.05, 0.1) is 31.2 Å². The molecular weight excluding hydrogens is 412 g/mol. The summed E-state index contributed by atoms with van der Waals surface area (Å²) in [5, 5.41) is 0.680. The van der Waals surface area contributed by atoms with Crippen LogP contribution >= 0.6 is 11.6 Å².